The van der Waals surface area contributed by atoms with Crippen molar-refractivity contribution in [1.82, 2.24) is 28.9 Å². The van der Waals surface area contributed by atoms with Crippen LogP contribution in [0.4, 0.5) is 13.6 Å². The number of carbonyl (C=O) groups excluding carboxylic acids is 1. The normalized spacial score (nSPS) is 19.0. The van der Waals surface area contributed by atoms with Crippen molar-refractivity contribution >= 4 is 28.2 Å². The standard InChI is InChI=1S/C28H28F2N6O3.C2H5NO2/c1-34-13-19(26(33-34)38-3)23-21-16-6-4-15(5-7-16)11-28(29,30)14-39-18-9-8-17(10-18)36-24-20(35(2)27(36)37)12-31-25(32-23)22(21)24;1-5-2(3)4/h4-7,12-13,17-18H,8-11,14H2,1-3H3,(H,31,32);1H3,(H2,3,4)/t17?,18-;/m0./s1. The zero-order chi connectivity index (χ0) is 31.3. The predicted molar refractivity (Wildman–Crippen MR) is 159 cm³/mol. The van der Waals surface area contributed by atoms with Gasteiger partial charge in [0.1, 0.15) is 12.3 Å². The maximum absolute atomic E-state index is 14.9. The molecular formula is C30H33F2N7O5. The summed E-state index contributed by atoms with van der Waals surface area (Å²) in [5, 5.41) is 5.23. The Labute approximate surface area is 250 Å². The number of aryl methyl sites for hydroxylation is 2. The monoisotopic (exact) mass is 609 g/mol. The maximum atomic E-state index is 14.9. The second kappa shape index (κ2) is 11.1. The van der Waals surface area contributed by atoms with Crippen molar-refractivity contribution in [2.75, 3.05) is 20.8 Å². The summed E-state index contributed by atoms with van der Waals surface area (Å²) in [4.78, 5) is 31.2. The van der Waals surface area contributed by atoms with Gasteiger partial charge < -0.3 is 24.9 Å². The topological polar surface area (TPSA) is 144 Å². The summed E-state index contributed by atoms with van der Waals surface area (Å²) in [6.07, 6.45) is 3.84. The van der Waals surface area contributed by atoms with E-state index in [9.17, 15) is 18.4 Å². The van der Waals surface area contributed by atoms with Crippen molar-refractivity contribution in [1.29, 1.82) is 0 Å². The second-order valence-electron chi connectivity index (χ2n) is 11.2. The first-order valence-electron chi connectivity index (χ1n) is 14.1. The number of amides is 1. The van der Waals surface area contributed by atoms with E-state index in [1.54, 1.807) is 41.7 Å². The molecular weight excluding hydrogens is 576 g/mol. The molecule has 232 valence electrons. The molecule has 6 heterocycles. The zero-order valence-corrected chi connectivity index (χ0v) is 24.8. The molecule has 1 aromatic carbocycles. The second-order valence-corrected chi connectivity index (χ2v) is 11.2. The van der Waals surface area contributed by atoms with Crippen LogP contribution < -0.4 is 16.2 Å². The number of pyridine rings is 1. The van der Waals surface area contributed by atoms with Crippen LogP contribution in [0.2, 0.25) is 0 Å². The fourth-order valence-corrected chi connectivity index (χ4v) is 6.28. The van der Waals surface area contributed by atoms with Gasteiger partial charge in [0, 0.05) is 38.3 Å². The number of nitrogens with zero attached hydrogens (tertiary/aromatic N) is 5. The Morgan fingerprint density at radius 3 is 2.59 bits per heavy atom. The Balaban J connectivity index is 0.000000637. The average molecular weight is 610 g/mol. The van der Waals surface area contributed by atoms with Crippen molar-refractivity contribution in [2.45, 2.75) is 43.8 Å². The molecule has 1 amide bonds. The largest absolute Gasteiger partial charge is 0.479 e. The summed E-state index contributed by atoms with van der Waals surface area (Å²) in [7, 11) is 6.34. The fraction of sp³-hybridized carbons (Fsp3) is 0.400. The molecule has 0 radical (unpaired) electrons. The van der Waals surface area contributed by atoms with Gasteiger partial charge in [0.25, 0.3) is 5.92 Å². The number of aromatic amines is 1. The molecule has 1 aliphatic carbocycles. The van der Waals surface area contributed by atoms with Crippen molar-refractivity contribution in [3.05, 3.63) is 52.7 Å². The molecule has 0 saturated heterocycles. The van der Waals surface area contributed by atoms with E-state index >= 15 is 0 Å². The Hall–Kier alpha value is -4.72. The van der Waals surface area contributed by atoms with Crippen molar-refractivity contribution < 1.29 is 27.8 Å². The van der Waals surface area contributed by atoms with E-state index in [0.29, 0.717) is 41.9 Å². The number of imidazole rings is 1. The number of methoxy groups -OCH3 is 2. The zero-order valence-electron chi connectivity index (χ0n) is 24.8. The van der Waals surface area contributed by atoms with Gasteiger partial charge in [-0.25, -0.2) is 23.4 Å². The van der Waals surface area contributed by atoms with Gasteiger partial charge in [-0.3, -0.25) is 13.8 Å². The van der Waals surface area contributed by atoms with Crippen molar-refractivity contribution in [3.63, 3.8) is 0 Å². The number of nitrogens with two attached hydrogens (primary N) is 1. The number of alkyl halides is 2. The number of nitrogens with one attached hydrogen (secondary N) is 1. The molecule has 4 bridgehead atoms. The number of primary amides is 1. The summed E-state index contributed by atoms with van der Waals surface area (Å²) in [6.45, 7) is -0.643. The van der Waals surface area contributed by atoms with Crippen LogP contribution in [-0.2, 0) is 30.0 Å². The summed E-state index contributed by atoms with van der Waals surface area (Å²) < 4.78 is 50.1. The van der Waals surface area contributed by atoms with Crippen molar-refractivity contribution in [3.8, 4) is 28.3 Å². The van der Waals surface area contributed by atoms with E-state index in [1.165, 1.54) is 7.11 Å². The molecule has 14 heteroatoms. The number of H-pyrrole nitrogens is 1. The summed E-state index contributed by atoms with van der Waals surface area (Å²) >= 11 is 0. The average Bonchev–Trinajstić information content (AvgIpc) is 3.76. The molecule has 8 rings (SSSR count). The maximum Gasteiger partial charge on any atom is 0.404 e. The van der Waals surface area contributed by atoms with E-state index in [0.717, 1.165) is 33.3 Å². The minimum absolute atomic E-state index is 0.164. The predicted octanol–water partition coefficient (Wildman–Crippen LogP) is 4.31. The number of fused-ring (bicyclic) bond motifs is 5. The van der Waals surface area contributed by atoms with E-state index < -0.39 is 25.0 Å². The molecule has 4 aromatic heterocycles. The lowest BCUT2D eigenvalue weighted by molar-refractivity contribution is -0.0974. The van der Waals surface area contributed by atoms with E-state index in [2.05, 4.69) is 20.6 Å². The number of benzene rings is 1. The first-order chi connectivity index (χ1) is 21.0. The Kier molecular flexibility index (Phi) is 7.40. The van der Waals surface area contributed by atoms with Crippen LogP contribution in [0.15, 0.2) is 41.5 Å². The van der Waals surface area contributed by atoms with Gasteiger partial charge in [0.2, 0.25) is 5.88 Å². The Bertz CT molecular complexity index is 1920. The van der Waals surface area contributed by atoms with Gasteiger partial charge in [0.05, 0.1) is 54.2 Å². The van der Waals surface area contributed by atoms with Gasteiger partial charge in [-0.05, 0) is 30.4 Å². The Morgan fingerprint density at radius 2 is 1.91 bits per heavy atom. The molecule has 2 atom stereocenters. The molecule has 5 aromatic rings. The van der Waals surface area contributed by atoms with Crippen molar-refractivity contribution in [2.24, 2.45) is 19.8 Å². The number of carbonyl (C=O) groups is 1. The first-order valence-corrected chi connectivity index (χ1v) is 14.1. The summed E-state index contributed by atoms with van der Waals surface area (Å²) in [5.41, 5.74) is 9.95. The molecule has 1 unspecified atom stereocenters. The minimum Gasteiger partial charge on any atom is -0.479 e. The quantitative estimate of drug-likeness (QED) is 0.304. The molecule has 44 heavy (non-hydrogen) atoms. The van der Waals surface area contributed by atoms with Gasteiger partial charge in [-0.2, -0.15) is 0 Å². The number of rotatable bonds is 2. The highest BCUT2D eigenvalue weighted by atomic mass is 19.3. The number of aromatic nitrogens is 6. The number of ether oxygens (including phenoxy) is 3. The highest BCUT2D eigenvalue weighted by molar-refractivity contribution is 6.14. The van der Waals surface area contributed by atoms with Crippen LogP contribution in [0.1, 0.15) is 30.9 Å². The lowest BCUT2D eigenvalue weighted by Crippen LogP contribution is -2.29. The summed E-state index contributed by atoms with van der Waals surface area (Å²) in [6, 6.07) is 6.96. The van der Waals surface area contributed by atoms with E-state index in [4.69, 9.17) is 14.5 Å². The number of hydrogen-bond donors (Lipinski definition) is 2. The van der Waals surface area contributed by atoms with Gasteiger partial charge >= 0.3 is 11.8 Å². The Morgan fingerprint density at radius 1 is 1.18 bits per heavy atom. The van der Waals surface area contributed by atoms with E-state index in [1.807, 2.05) is 29.9 Å². The molecule has 1 fully saturated rings. The molecule has 0 spiro atoms. The van der Waals surface area contributed by atoms with Crippen LogP contribution in [0, 0.1) is 0 Å². The number of halogens is 2. The molecule has 2 aliphatic heterocycles. The molecule has 12 nitrogen and oxygen atoms in total. The highest BCUT2D eigenvalue weighted by Gasteiger charge is 2.36. The highest BCUT2D eigenvalue weighted by Crippen LogP contribution is 2.45. The number of hydrogen-bond acceptors (Lipinski definition) is 7. The van der Waals surface area contributed by atoms with Gasteiger partial charge in [0.15, 0.2) is 0 Å². The van der Waals surface area contributed by atoms with Crippen LogP contribution in [-0.4, -0.2) is 67.8 Å². The third kappa shape index (κ3) is 5.08. The van der Waals surface area contributed by atoms with Gasteiger partial charge in [-0.15, -0.1) is 5.10 Å². The lowest BCUT2D eigenvalue weighted by atomic mass is 9.97. The first kappa shape index (κ1) is 29.4. The van der Waals surface area contributed by atoms with Gasteiger partial charge in [-0.1, -0.05) is 24.3 Å². The van der Waals surface area contributed by atoms with Crippen LogP contribution in [0.25, 0.3) is 44.5 Å². The summed E-state index contributed by atoms with van der Waals surface area (Å²) in [5.74, 6) is -2.57. The molecule has 1 saturated carbocycles. The van der Waals surface area contributed by atoms with Crippen LogP contribution in [0.3, 0.4) is 0 Å². The lowest BCUT2D eigenvalue weighted by Gasteiger charge is -2.20. The molecule has 3 aliphatic rings. The van der Waals surface area contributed by atoms with Crippen LogP contribution >= 0.6 is 0 Å². The minimum atomic E-state index is -3.00. The third-order valence-electron chi connectivity index (χ3n) is 8.29. The third-order valence-corrected chi connectivity index (χ3v) is 8.29. The van der Waals surface area contributed by atoms with Crippen LogP contribution in [0.5, 0.6) is 5.88 Å². The van der Waals surface area contributed by atoms with E-state index in [-0.39, 0.29) is 17.8 Å². The smallest absolute Gasteiger partial charge is 0.404 e. The molecule has 3 N–H and O–H groups in total. The fourth-order valence-electron chi connectivity index (χ4n) is 6.28. The SMILES string of the molecule is COC(N)=O.COc1nn(C)cc1-c1[nH]c2ncc3c4c2c1-c1ccc(cc1)CC(F)(F)CO[C@H]1CCC(C1)n4c(=O)n3C.